The van der Waals surface area contributed by atoms with Crippen molar-refractivity contribution in [1.82, 2.24) is 9.13 Å². The minimum Gasteiger partial charge on any atom is -0.305 e. The van der Waals surface area contributed by atoms with E-state index in [1.165, 1.54) is 103 Å². The van der Waals surface area contributed by atoms with Gasteiger partial charge >= 0.3 is 0 Å². The van der Waals surface area contributed by atoms with E-state index in [4.69, 9.17) is 0 Å². The van der Waals surface area contributed by atoms with Crippen molar-refractivity contribution in [3.05, 3.63) is 30.3 Å². The van der Waals surface area contributed by atoms with Crippen LogP contribution in [0.1, 0.15) is 103 Å². The Balaban J connectivity index is 1.56. The Labute approximate surface area is 180 Å². The van der Waals surface area contributed by atoms with Crippen LogP contribution in [-0.4, -0.2) is 42.4 Å². The number of nitrogens with zero attached hydrogens (tertiary/aromatic N) is 2. The second-order valence-corrected chi connectivity index (χ2v) is 13.0. The molecule has 1 aromatic carbocycles. The van der Waals surface area contributed by atoms with Crippen LogP contribution in [0.4, 0.5) is 0 Å². The summed E-state index contributed by atoms with van der Waals surface area (Å²) in [5, 5.41) is 1.73. The molecule has 0 bridgehead atoms. The van der Waals surface area contributed by atoms with Crippen LogP contribution in [0.3, 0.4) is 0 Å². The molecule has 5 rings (SSSR count). The highest BCUT2D eigenvalue weighted by Crippen LogP contribution is 2.38. The summed E-state index contributed by atoms with van der Waals surface area (Å²) in [7, 11) is -1.37. The first-order valence-electron chi connectivity index (χ1n) is 13.0. The molecule has 0 N–H and O–H groups in total. The van der Waals surface area contributed by atoms with Gasteiger partial charge in [-0.25, -0.2) is 0 Å². The maximum atomic E-state index is 3.24. The number of benzene rings is 1. The van der Waals surface area contributed by atoms with Gasteiger partial charge in [-0.3, -0.25) is 0 Å². The molecule has 160 valence electrons. The third kappa shape index (κ3) is 4.38. The Morgan fingerprint density at radius 3 is 1.10 bits per heavy atom. The Hall–Kier alpha value is -0.643. The van der Waals surface area contributed by atoms with Crippen LogP contribution < -0.4 is 5.19 Å². The van der Waals surface area contributed by atoms with Crippen molar-refractivity contribution in [1.29, 1.82) is 0 Å². The lowest BCUT2D eigenvalue weighted by Crippen LogP contribution is -2.68. The third-order valence-electron chi connectivity index (χ3n) is 8.65. The van der Waals surface area contributed by atoms with Crippen LogP contribution in [0.2, 0.25) is 0 Å². The minimum atomic E-state index is -1.37. The SMILES string of the molecule is c1ccc([SiH](N(C2CCCC2)C2CCCC2)N(C2CCCC2)C2CCCC2)cc1. The van der Waals surface area contributed by atoms with Crippen molar-refractivity contribution in [2.24, 2.45) is 0 Å². The Morgan fingerprint density at radius 1 is 0.483 bits per heavy atom. The van der Waals surface area contributed by atoms with Crippen LogP contribution in [-0.2, 0) is 0 Å². The molecule has 4 saturated carbocycles. The van der Waals surface area contributed by atoms with E-state index in [9.17, 15) is 0 Å². The first kappa shape index (κ1) is 20.3. The normalized spacial score (nSPS) is 25.5. The summed E-state index contributed by atoms with van der Waals surface area (Å²) in [5.74, 6) is 0. The van der Waals surface area contributed by atoms with E-state index < -0.39 is 9.12 Å². The van der Waals surface area contributed by atoms with E-state index in [1.54, 1.807) is 5.19 Å². The maximum Gasteiger partial charge on any atom is 0.223 e. The van der Waals surface area contributed by atoms with Crippen molar-refractivity contribution in [3.8, 4) is 0 Å². The molecule has 0 saturated heterocycles. The summed E-state index contributed by atoms with van der Waals surface area (Å²) in [6.45, 7) is 0. The minimum absolute atomic E-state index is 0.875. The zero-order valence-electron chi connectivity index (χ0n) is 18.5. The molecule has 0 unspecified atom stereocenters. The standard InChI is InChI=1S/C26H42N2Si/c1-2-20-26(21-3-1)29(27(22-12-4-5-13-22)23-14-6-7-15-23)28(24-16-8-9-17-24)25-18-10-11-19-25/h1-3,20-25,29H,4-19H2. The Morgan fingerprint density at radius 2 is 0.793 bits per heavy atom. The molecule has 0 spiro atoms. The van der Waals surface area contributed by atoms with Crippen LogP contribution >= 0.6 is 0 Å². The molecule has 0 aromatic heterocycles. The molecule has 0 atom stereocenters. The fourth-order valence-electron chi connectivity index (χ4n) is 7.33. The lowest BCUT2D eigenvalue weighted by atomic mass is 10.2. The molecule has 1 aromatic rings. The van der Waals surface area contributed by atoms with Crippen LogP contribution in [0.5, 0.6) is 0 Å². The van der Waals surface area contributed by atoms with Crippen molar-refractivity contribution in [2.75, 3.05) is 0 Å². The molecule has 4 fully saturated rings. The molecule has 2 nitrogen and oxygen atoms in total. The van der Waals surface area contributed by atoms with Gasteiger partial charge in [-0.1, -0.05) is 81.7 Å². The molecule has 0 aliphatic heterocycles. The summed E-state index contributed by atoms with van der Waals surface area (Å²) in [5.41, 5.74) is 0. The molecular weight excluding hydrogens is 368 g/mol. The topological polar surface area (TPSA) is 6.48 Å². The Kier molecular flexibility index (Phi) is 6.75. The zero-order valence-corrected chi connectivity index (χ0v) is 19.6. The van der Waals surface area contributed by atoms with Gasteiger partial charge in [-0.15, -0.1) is 0 Å². The van der Waals surface area contributed by atoms with Crippen molar-refractivity contribution in [3.63, 3.8) is 0 Å². The van der Waals surface area contributed by atoms with Gasteiger partial charge < -0.3 is 9.13 Å². The predicted molar refractivity (Wildman–Crippen MR) is 126 cm³/mol. The van der Waals surface area contributed by atoms with Crippen molar-refractivity contribution < 1.29 is 0 Å². The second-order valence-electron chi connectivity index (χ2n) is 10.4. The third-order valence-corrected chi connectivity index (χ3v) is 12.4. The second kappa shape index (κ2) is 9.66. The van der Waals surface area contributed by atoms with E-state index in [-0.39, 0.29) is 0 Å². The van der Waals surface area contributed by atoms with Gasteiger partial charge in [0.05, 0.1) is 0 Å². The maximum absolute atomic E-state index is 3.24. The Bertz CT molecular complexity index is 543. The molecule has 0 heterocycles. The lowest BCUT2D eigenvalue weighted by molar-refractivity contribution is 0.181. The fourth-order valence-corrected chi connectivity index (χ4v) is 11.7. The van der Waals surface area contributed by atoms with Crippen molar-refractivity contribution in [2.45, 2.75) is 127 Å². The number of hydrogen-bond donors (Lipinski definition) is 0. The zero-order chi connectivity index (χ0) is 19.5. The molecule has 4 aliphatic rings. The quantitative estimate of drug-likeness (QED) is 0.549. The molecule has 3 heteroatoms. The average Bonchev–Trinajstić information content (AvgIpc) is 3.58. The first-order valence-corrected chi connectivity index (χ1v) is 14.6. The highest BCUT2D eigenvalue weighted by molar-refractivity contribution is 6.68. The first-order chi connectivity index (χ1) is 14.4. The summed E-state index contributed by atoms with van der Waals surface area (Å²) in [6.07, 6.45) is 23.5. The van der Waals surface area contributed by atoms with E-state index >= 15 is 0 Å². The van der Waals surface area contributed by atoms with E-state index in [1.807, 2.05) is 0 Å². The van der Waals surface area contributed by atoms with Gasteiger partial charge in [0, 0.05) is 24.2 Å². The molecule has 0 amide bonds. The monoisotopic (exact) mass is 410 g/mol. The van der Waals surface area contributed by atoms with Crippen molar-refractivity contribution >= 4 is 14.3 Å². The summed E-state index contributed by atoms with van der Waals surface area (Å²) in [4.78, 5) is 0. The highest BCUT2D eigenvalue weighted by Gasteiger charge is 2.45. The molecular formula is C26H42N2Si. The van der Waals surface area contributed by atoms with Crippen LogP contribution in [0.25, 0.3) is 0 Å². The molecule has 0 radical (unpaired) electrons. The van der Waals surface area contributed by atoms with Gasteiger partial charge in [-0.2, -0.15) is 0 Å². The molecule has 29 heavy (non-hydrogen) atoms. The summed E-state index contributed by atoms with van der Waals surface area (Å²) < 4.78 is 6.48. The number of hydrogen-bond acceptors (Lipinski definition) is 2. The molecule has 4 aliphatic carbocycles. The summed E-state index contributed by atoms with van der Waals surface area (Å²) >= 11 is 0. The van der Waals surface area contributed by atoms with Gasteiger partial charge in [0.2, 0.25) is 9.12 Å². The lowest BCUT2D eigenvalue weighted by Gasteiger charge is -2.49. The fraction of sp³-hybridized carbons (Fsp3) is 0.769. The van der Waals surface area contributed by atoms with E-state index in [0.717, 1.165) is 24.2 Å². The highest BCUT2D eigenvalue weighted by atomic mass is 28.3. The van der Waals surface area contributed by atoms with Gasteiger partial charge in [0.15, 0.2) is 0 Å². The van der Waals surface area contributed by atoms with Crippen LogP contribution in [0.15, 0.2) is 30.3 Å². The summed E-state index contributed by atoms with van der Waals surface area (Å²) in [6, 6.07) is 15.4. The number of rotatable bonds is 7. The smallest absolute Gasteiger partial charge is 0.223 e. The van der Waals surface area contributed by atoms with Gasteiger partial charge in [0.25, 0.3) is 0 Å². The van der Waals surface area contributed by atoms with E-state index in [0.29, 0.717) is 0 Å². The largest absolute Gasteiger partial charge is 0.305 e. The van der Waals surface area contributed by atoms with Crippen LogP contribution in [0, 0.1) is 0 Å². The van der Waals surface area contributed by atoms with E-state index in [2.05, 4.69) is 39.5 Å². The predicted octanol–water partition coefficient (Wildman–Crippen LogP) is 5.49. The van der Waals surface area contributed by atoms with Gasteiger partial charge in [-0.05, 0) is 56.6 Å². The average molecular weight is 411 g/mol. The van der Waals surface area contributed by atoms with Gasteiger partial charge in [0.1, 0.15) is 0 Å².